The number of aliphatic hydroxyl groups is 2. The van der Waals surface area contributed by atoms with Crippen molar-refractivity contribution in [3.05, 3.63) is 11.6 Å². The van der Waals surface area contributed by atoms with Crippen LogP contribution in [0.4, 0.5) is 0 Å². The molecule has 2 aliphatic heterocycles. The maximum Gasteiger partial charge on any atom is 0.302 e. The maximum atomic E-state index is 12.5. The Labute approximate surface area is 143 Å². The molecule has 7 heteroatoms. The zero-order valence-corrected chi connectivity index (χ0v) is 13.4. The van der Waals surface area contributed by atoms with Gasteiger partial charge < -0.3 is 24.4 Å². The largest absolute Gasteiger partial charge is 0.460 e. The average Bonchev–Trinajstić information content (AvgIpc) is 3.34. The highest BCUT2D eigenvalue weighted by molar-refractivity contribution is 6.00. The van der Waals surface area contributed by atoms with Crippen LogP contribution in [0, 0.1) is 10.8 Å². The van der Waals surface area contributed by atoms with Gasteiger partial charge in [0.2, 0.25) is 0 Å². The number of rotatable bonds is 2. The van der Waals surface area contributed by atoms with Gasteiger partial charge in [-0.3, -0.25) is 9.59 Å². The first-order valence-electron chi connectivity index (χ1n) is 9.47. The molecule has 132 valence electrons. The predicted molar refractivity (Wildman–Crippen MR) is 79.9 cm³/mol. The number of carbonyl (C=O) groups excluding carboxylic acids is 2. The smallest absolute Gasteiger partial charge is 0.302 e. The molecule has 0 aromatic rings. The lowest BCUT2D eigenvalue weighted by atomic mass is 9.50. The molecule has 0 amide bonds. The zero-order chi connectivity index (χ0) is 20.0. The molecule has 24 heavy (non-hydrogen) atoms. The van der Waals surface area contributed by atoms with Crippen LogP contribution in [-0.2, 0) is 23.8 Å². The normalized spacial score (nSPS) is 54.4. The lowest BCUT2D eigenvalue weighted by molar-refractivity contribution is -0.244. The minimum Gasteiger partial charge on any atom is -0.460 e. The number of fused-ring (bicyclic) bond motifs is 2. The summed E-state index contributed by atoms with van der Waals surface area (Å²) in [5, 5.41) is 21.2. The molecule has 2 heterocycles. The van der Waals surface area contributed by atoms with Crippen molar-refractivity contribution in [1.82, 2.24) is 0 Å². The number of hydrogen-bond donors (Lipinski definition) is 2. The molecule has 4 rings (SSSR count). The molecular weight excluding hydrogens is 316 g/mol. The number of carbonyl (C=O) groups is 2. The van der Waals surface area contributed by atoms with Gasteiger partial charge in [-0.25, -0.2) is 0 Å². The van der Waals surface area contributed by atoms with E-state index in [2.05, 4.69) is 0 Å². The average molecular weight is 341 g/mol. The van der Waals surface area contributed by atoms with Gasteiger partial charge in [-0.05, 0) is 25.0 Å². The van der Waals surface area contributed by atoms with Gasteiger partial charge in [-0.2, -0.15) is 0 Å². The Morgan fingerprint density at radius 3 is 2.88 bits per heavy atom. The molecule has 0 aromatic heterocycles. The number of esters is 1. The van der Waals surface area contributed by atoms with Crippen molar-refractivity contribution >= 4 is 11.8 Å². The third-order valence-corrected chi connectivity index (χ3v) is 6.67. The summed E-state index contributed by atoms with van der Waals surface area (Å²) < 4.78 is 38.7. The van der Waals surface area contributed by atoms with Crippen molar-refractivity contribution in [3.8, 4) is 0 Å². The summed E-state index contributed by atoms with van der Waals surface area (Å²) in [4.78, 5) is 24.4. The Hall–Kier alpha value is -1.28. The van der Waals surface area contributed by atoms with Crippen molar-refractivity contribution in [1.29, 1.82) is 0 Å². The number of aliphatic hydroxyl groups excluding tert-OH is 2. The molecule has 2 aliphatic carbocycles. The molecule has 7 nitrogen and oxygen atoms in total. The van der Waals surface area contributed by atoms with Crippen LogP contribution in [0.15, 0.2) is 11.6 Å². The molecule has 4 aliphatic rings. The van der Waals surface area contributed by atoms with E-state index >= 15 is 0 Å². The van der Waals surface area contributed by atoms with Crippen molar-refractivity contribution in [2.75, 3.05) is 13.2 Å². The molecule has 0 radical (unpaired) electrons. The molecule has 2 saturated heterocycles. The molecule has 2 bridgehead atoms. The summed E-state index contributed by atoms with van der Waals surface area (Å²) in [5.74, 6) is -1.84. The fraction of sp³-hybridized carbons (Fsp3) is 0.765. The number of Topliss-reactive ketones (excluding diaryl/α,β-unsaturated/α-hetero) is 1. The number of epoxide rings is 1. The maximum absolute atomic E-state index is 12.5. The minimum absolute atomic E-state index is 0.105. The van der Waals surface area contributed by atoms with Gasteiger partial charge in [0.25, 0.3) is 0 Å². The number of hydrogen-bond acceptors (Lipinski definition) is 7. The second-order valence-corrected chi connectivity index (χ2v) is 7.45. The zero-order valence-electron chi connectivity index (χ0n) is 16.4. The molecule has 2 N–H and O–H groups in total. The Balaban J connectivity index is 1.79. The van der Waals surface area contributed by atoms with Gasteiger partial charge in [-0.15, -0.1) is 0 Å². The van der Waals surface area contributed by atoms with Gasteiger partial charge in [-0.1, -0.05) is 6.92 Å². The molecular formula is C17H22O7. The SMILES string of the molecule is [2H]C([2H])([2H])C(=O)O[C@@H]1C[C@]2(C)[C@@]3(CO)[C@H](O)C(=O)C(C)=C[C@H]3O[C@H]1[C@@]21CO1. The summed E-state index contributed by atoms with van der Waals surface area (Å²) in [6.45, 7) is 0.122. The van der Waals surface area contributed by atoms with E-state index in [-0.39, 0.29) is 13.0 Å². The second-order valence-electron chi connectivity index (χ2n) is 7.45. The first kappa shape index (κ1) is 13.0. The molecule has 1 spiro atoms. The number of ketones is 1. The Morgan fingerprint density at radius 2 is 2.29 bits per heavy atom. The van der Waals surface area contributed by atoms with Crippen LogP contribution < -0.4 is 0 Å². The summed E-state index contributed by atoms with van der Waals surface area (Å²) in [6.07, 6.45) is -2.30. The van der Waals surface area contributed by atoms with Gasteiger partial charge >= 0.3 is 5.97 Å². The number of ether oxygens (including phenoxy) is 3. The summed E-state index contributed by atoms with van der Waals surface area (Å²) in [5.41, 5.74) is -2.97. The molecule has 0 unspecified atom stereocenters. The summed E-state index contributed by atoms with van der Waals surface area (Å²) >= 11 is 0. The van der Waals surface area contributed by atoms with Crippen LogP contribution in [0.3, 0.4) is 0 Å². The fourth-order valence-electron chi connectivity index (χ4n) is 5.23. The minimum atomic E-state index is -2.91. The third-order valence-electron chi connectivity index (χ3n) is 6.67. The predicted octanol–water partition coefficient (Wildman–Crippen LogP) is -0.267. The lowest BCUT2D eigenvalue weighted by Crippen LogP contribution is -2.70. The van der Waals surface area contributed by atoms with E-state index in [9.17, 15) is 19.8 Å². The third kappa shape index (κ3) is 1.57. The molecule has 0 aromatic carbocycles. The standard InChI is InChI=1S/C17H22O7/c1-8-4-11-16(6-18,13(21)12(8)20)15(3)5-10(23-9(2)19)14(24-11)17(15)7-22-17/h4,10-11,13-14,18,21H,5-7H2,1-3H3/t10-,11-,13-,14-,15-,16-,17+/m1/s1/i2D3. The van der Waals surface area contributed by atoms with Crippen molar-refractivity contribution in [2.24, 2.45) is 10.8 Å². The Bertz CT molecular complexity index is 743. The fourth-order valence-corrected chi connectivity index (χ4v) is 5.23. The van der Waals surface area contributed by atoms with E-state index in [0.29, 0.717) is 5.57 Å². The van der Waals surface area contributed by atoms with Gasteiger partial charge in [0.1, 0.15) is 23.9 Å². The van der Waals surface area contributed by atoms with E-state index in [1.807, 2.05) is 0 Å². The first-order chi connectivity index (χ1) is 12.4. The van der Waals surface area contributed by atoms with Crippen LogP contribution in [0.5, 0.6) is 0 Å². The van der Waals surface area contributed by atoms with E-state index in [0.717, 1.165) is 0 Å². The van der Waals surface area contributed by atoms with E-state index in [1.165, 1.54) is 0 Å². The van der Waals surface area contributed by atoms with Crippen LogP contribution in [0.25, 0.3) is 0 Å². The Kier molecular flexibility index (Phi) is 2.52. The van der Waals surface area contributed by atoms with Crippen molar-refractivity contribution in [3.63, 3.8) is 0 Å². The monoisotopic (exact) mass is 341 g/mol. The molecule has 1 saturated carbocycles. The van der Waals surface area contributed by atoms with E-state index < -0.39 is 66.1 Å². The van der Waals surface area contributed by atoms with Gasteiger partial charge in [0, 0.05) is 16.4 Å². The van der Waals surface area contributed by atoms with Crippen molar-refractivity contribution < 1.29 is 38.1 Å². The van der Waals surface area contributed by atoms with Crippen LogP contribution in [0.2, 0.25) is 0 Å². The van der Waals surface area contributed by atoms with E-state index in [4.69, 9.17) is 18.3 Å². The highest BCUT2D eigenvalue weighted by Crippen LogP contribution is 2.71. The van der Waals surface area contributed by atoms with Gasteiger partial charge in [0.15, 0.2) is 5.78 Å². The van der Waals surface area contributed by atoms with Crippen LogP contribution in [0.1, 0.15) is 31.2 Å². The van der Waals surface area contributed by atoms with Crippen LogP contribution in [-0.4, -0.2) is 65.2 Å². The first-order valence-corrected chi connectivity index (χ1v) is 7.97. The summed E-state index contributed by atoms with van der Waals surface area (Å²) in [6, 6.07) is 0. The highest BCUT2D eigenvalue weighted by Gasteiger charge is 2.83. The van der Waals surface area contributed by atoms with E-state index in [1.54, 1.807) is 19.9 Å². The lowest BCUT2D eigenvalue weighted by Gasteiger charge is -2.58. The van der Waals surface area contributed by atoms with Crippen LogP contribution >= 0.6 is 0 Å². The summed E-state index contributed by atoms with van der Waals surface area (Å²) in [7, 11) is 0. The highest BCUT2D eigenvalue weighted by atomic mass is 16.7. The van der Waals surface area contributed by atoms with Crippen molar-refractivity contribution in [2.45, 2.75) is 57.1 Å². The second kappa shape index (κ2) is 4.66. The topological polar surface area (TPSA) is 106 Å². The van der Waals surface area contributed by atoms with Gasteiger partial charge in [0.05, 0.1) is 24.7 Å². The molecule has 7 atom stereocenters. The Morgan fingerprint density at radius 1 is 1.58 bits per heavy atom. The quantitative estimate of drug-likeness (QED) is 0.526. The molecule has 3 fully saturated rings.